The maximum Gasteiger partial charge on any atom is 0.280 e. The molecule has 15 heterocycles. The summed E-state index contributed by atoms with van der Waals surface area (Å²) in [5.41, 5.74) is 15.5. The van der Waals surface area contributed by atoms with Gasteiger partial charge in [0.25, 0.3) is 16.7 Å². The summed E-state index contributed by atoms with van der Waals surface area (Å²) in [6, 6.07) is 1.42. The van der Waals surface area contributed by atoms with Gasteiger partial charge in [0.2, 0.25) is 23.8 Å². The summed E-state index contributed by atoms with van der Waals surface area (Å²) in [6.45, 7) is -8.24. The number of nitrogens with two attached hydrogens (primary N) is 5. The zero-order valence-electron chi connectivity index (χ0n) is 61.1. The van der Waals surface area contributed by atoms with E-state index in [0.717, 1.165) is 21.7 Å². The first-order chi connectivity index (χ1) is 57.1. The van der Waals surface area contributed by atoms with Gasteiger partial charge in [0.05, 0.1) is 63.6 Å². The van der Waals surface area contributed by atoms with E-state index in [1.165, 1.54) is 44.8 Å². The van der Waals surface area contributed by atoms with E-state index >= 15 is 0 Å². The first kappa shape index (κ1) is 88.9. The van der Waals surface area contributed by atoms with E-state index < -0.39 is 214 Å². The van der Waals surface area contributed by atoms with Crippen molar-refractivity contribution in [3.63, 3.8) is 0 Å². The molecule has 0 radical (unpaired) electrons. The summed E-state index contributed by atoms with van der Waals surface area (Å²) in [4.78, 5) is 80.4. The van der Waals surface area contributed by atoms with Crippen LogP contribution in [0.4, 0.5) is 56.1 Å². The van der Waals surface area contributed by atoms with Crippen LogP contribution in [0.2, 0.25) is 0 Å². The lowest BCUT2D eigenvalue weighted by Gasteiger charge is -2.26. The van der Waals surface area contributed by atoms with Crippen molar-refractivity contribution in [1.29, 1.82) is 0 Å². The minimum atomic E-state index is -2.38. The number of aliphatic hydroxyl groups excluding tert-OH is 10. The first-order valence-electron chi connectivity index (χ1n) is 34.6. The van der Waals surface area contributed by atoms with Crippen molar-refractivity contribution in [3.8, 4) is 59.2 Å². The fraction of sp³-hybridized carbons (Fsp3) is 0.448. The highest BCUT2D eigenvalue weighted by molar-refractivity contribution is 7.71. The topological polar surface area (TPSA) is 735 Å². The summed E-state index contributed by atoms with van der Waals surface area (Å²) in [5.74, 6) is 19.7. The maximum absolute atomic E-state index is 14.2. The third-order valence-electron chi connectivity index (χ3n) is 18.9. The van der Waals surface area contributed by atoms with Crippen LogP contribution in [0.5, 0.6) is 0 Å². The van der Waals surface area contributed by atoms with Crippen molar-refractivity contribution in [2.45, 2.75) is 120 Å². The second-order valence-corrected chi connectivity index (χ2v) is 26.5. The van der Waals surface area contributed by atoms with Crippen LogP contribution in [0.1, 0.15) is 31.1 Å². The molecular weight excluding hydrogens is 1640 g/mol. The minimum Gasteiger partial charge on any atom is -0.394 e. The molecule has 0 bridgehead atoms. The lowest BCUT2D eigenvalue weighted by atomic mass is 9.94. The summed E-state index contributed by atoms with van der Waals surface area (Å²) < 4.78 is 110. The summed E-state index contributed by atoms with van der Waals surface area (Å²) in [7, 11) is 0. The number of anilines is 5. The van der Waals surface area contributed by atoms with Crippen LogP contribution in [0.3, 0.4) is 0 Å². The van der Waals surface area contributed by atoms with Crippen LogP contribution >= 0.6 is 12.2 Å². The number of ether oxygens (including phenoxy) is 5. The van der Waals surface area contributed by atoms with Crippen molar-refractivity contribution >= 4 is 97.5 Å². The number of imidazole rings is 3. The molecule has 46 nitrogen and oxygen atoms in total. The molecule has 5 fully saturated rings. The molecule has 0 aliphatic carbocycles. The number of nitrogen functional groups attached to an aromatic ring is 5. The number of rotatable bonds is 10. The molecule has 20 atom stereocenters. The van der Waals surface area contributed by atoms with Gasteiger partial charge < -0.3 is 139 Å². The van der Waals surface area contributed by atoms with E-state index in [2.05, 4.69) is 112 Å². The summed E-state index contributed by atoms with van der Waals surface area (Å²) in [5, 5.41) is 151. The van der Waals surface area contributed by atoms with Gasteiger partial charge in [-0.1, -0.05) is 71.4 Å². The molecule has 10 aromatic heterocycles. The molecule has 120 heavy (non-hydrogen) atoms. The lowest BCUT2D eigenvalue weighted by Crippen LogP contribution is -2.46. The molecule has 5 aliphatic rings. The number of hydrogen-bond donors (Lipinski definition) is 24. The summed E-state index contributed by atoms with van der Waals surface area (Å²) >= 11 is 5.07. The van der Waals surface area contributed by atoms with Crippen molar-refractivity contribution in [2.75, 3.05) is 95.1 Å². The number of hydrogen-bond acceptors (Lipinski definition) is 38. The molecule has 0 amide bonds. The third-order valence-corrected chi connectivity index (χ3v) is 19.1. The zero-order valence-corrected chi connectivity index (χ0v) is 61.9. The number of H-pyrrole nitrogens is 4. The second kappa shape index (κ2) is 36.0. The molecule has 15 rings (SSSR count). The highest BCUT2D eigenvalue weighted by atomic mass is 32.1. The van der Waals surface area contributed by atoms with Crippen LogP contribution in [-0.2, 0) is 23.7 Å². The molecule has 0 aromatic carbocycles. The Hall–Kier alpha value is -11.9. The van der Waals surface area contributed by atoms with E-state index in [9.17, 15) is 117 Å². The second-order valence-electron chi connectivity index (χ2n) is 26.2. The van der Waals surface area contributed by atoms with Gasteiger partial charge in [0.1, 0.15) is 116 Å². The Labute approximate surface area is 669 Å². The largest absolute Gasteiger partial charge is 0.394 e. The van der Waals surface area contributed by atoms with Crippen molar-refractivity contribution in [3.05, 3.63) is 85.2 Å². The van der Waals surface area contributed by atoms with Gasteiger partial charge in [0, 0.05) is 12.4 Å². The van der Waals surface area contributed by atoms with E-state index in [1.54, 1.807) is 0 Å². The standard InChI is InChI=1S/C14H14F2N4O5.C14H15FN4O5.C13H14FN5O5.C13H14FN5O4S.C13H14FN5O4/c15-3-1-2-14(24)9(22)7(5-21)25-12(14)20-4-6(16)8-10(20)18-13(17)19-11(8)23;15-4-1-3-14(23)9(21)8(6-20)24-12(14)19-5-2-7-10(19)17-13(16)18-11(7)22;14-3-1-2-13(23)8(21)6(4-20)24-11(13)19-5-16-7-9(19)17-12(15)18-10(7)22;14-3-1-2-13(22)8(21)6(4-20)23-11(13)19-5-16-7-9(19)17-12(15)18-10(7)24;14-3-1-2-13(22)9(21)8(5-20)23-11(13)19-6-17-7-4-16-12(15)18-10(7)19/h4,7,9,12,21-22,24H,3,5H2,(H3,17,18,19,23);2,5,8-9,12,20-21,23H,4,6H2,(H3,16,17,18,22);5-6,8,11,20-21,23H,3-4H2,(H3,15,17,18,22);5-6,8,11,20-22H,3-4H2,(H3,15,17,18,24);4,6,8-9,11,20-22H,3,5H2,(H2,15,16,18)/t7-,9+,12-,14?;8-,9+,12-,14?;2*6-,8+,11-,13?;8-,9+,11-,13?/m11111/s1. The fourth-order valence-electron chi connectivity index (χ4n) is 13.3. The Kier molecular flexibility index (Phi) is 26.6. The average molecular weight is 1710 g/mol. The molecule has 0 saturated carbocycles. The van der Waals surface area contributed by atoms with Crippen LogP contribution in [0, 0.1) is 69.7 Å². The molecule has 29 N–H and O–H groups in total. The molecule has 5 saturated heterocycles. The zero-order chi connectivity index (χ0) is 87.4. The van der Waals surface area contributed by atoms with Gasteiger partial charge in [-0.3, -0.25) is 47.6 Å². The highest BCUT2D eigenvalue weighted by Crippen LogP contribution is 2.45. The fourth-order valence-corrected chi connectivity index (χ4v) is 13.6. The number of fused-ring (bicyclic) bond motifs is 5. The molecular formula is C67H71F6N23O23S. The predicted molar refractivity (Wildman–Crippen MR) is 397 cm³/mol. The van der Waals surface area contributed by atoms with Gasteiger partial charge >= 0.3 is 0 Å². The van der Waals surface area contributed by atoms with Gasteiger partial charge in [-0.2, -0.15) is 19.9 Å². The van der Waals surface area contributed by atoms with Crippen LogP contribution in [-0.4, -0.2) is 320 Å². The number of nitrogens with zero attached hydrogens (tertiary/aromatic N) is 14. The monoisotopic (exact) mass is 1710 g/mol. The Bertz CT molecular complexity index is 5710. The number of aromatic nitrogens is 18. The van der Waals surface area contributed by atoms with Gasteiger partial charge in [0.15, 0.2) is 104 Å². The number of aliphatic hydroxyl groups is 15. The summed E-state index contributed by atoms with van der Waals surface area (Å²) in [6.07, 6.45) is -13.4. The number of aromatic amines is 4. The van der Waals surface area contributed by atoms with Gasteiger partial charge in [-0.05, 0) is 6.07 Å². The third kappa shape index (κ3) is 16.3. The van der Waals surface area contributed by atoms with E-state index in [1.807, 2.05) is 11.8 Å². The number of alkyl halides is 5. The van der Waals surface area contributed by atoms with Crippen molar-refractivity contribution < 1.29 is 127 Å². The maximum atomic E-state index is 14.2. The average Bonchev–Trinajstić information content (AvgIpc) is 1.63. The molecule has 640 valence electrons. The Balaban J connectivity index is 0.000000147. The Morgan fingerprint density at radius 1 is 0.433 bits per heavy atom. The SMILES string of the molecule is Nc1nc(=S)c2ncn([C@@H]3O[C@H](CO)[C@H](O)C3(O)C#CCF)c2[nH]1.Nc1nc2c(c(F)cn2[C@@H]2O[C@H](CO)[C@H](O)C2(O)C#CCF)c(=O)[nH]1.Nc1nc2c(ccn2[C@@H]2O[C@H](CO)[C@H](O)C2(O)C#CCF)c(=O)[nH]1.Nc1nc2c(ncn2[C@@H]2O[C@H](CO)[C@H](O)C2(O)C#CCF)c(=O)[nH]1.Nc1ncc2ncn([C@@H]3O[C@H](CO)[C@H](O)C3(O)C#CCF)c2n1. The van der Waals surface area contributed by atoms with E-state index in [0.29, 0.717) is 11.0 Å². The number of halogens is 6. The van der Waals surface area contributed by atoms with Crippen LogP contribution in [0.25, 0.3) is 55.6 Å². The number of nitrogens with one attached hydrogen (secondary N) is 4. The van der Waals surface area contributed by atoms with E-state index in [4.69, 9.17) is 64.6 Å². The minimum absolute atomic E-state index is 0.0184. The lowest BCUT2D eigenvalue weighted by molar-refractivity contribution is -0.0722. The van der Waals surface area contributed by atoms with Crippen LogP contribution < -0.4 is 45.3 Å². The normalized spacial score (nSPS) is 29.6. The molecule has 5 unspecified atom stereocenters. The quantitative estimate of drug-likeness (QED) is 0.0343. The Morgan fingerprint density at radius 3 is 1.23 bits per heavy atom. The molecule has 5 aliphatic heterocycles. The van der Waals surface area contributed by atoms with Crippen LogP contribution in [0.15, 0.2) is 58.0 Å². The highest BCUT2D eigenvalue weighted by Gasteiger charge is 2.61. The molecule has 0 spiro atoms. The Morgan fingerprint density at radius 2 is 0.792 bits per heavy atom. The predicted octanol–water partition coefficient (Wildman–Crippen LogP) is -8.29. The van der Waals surface area contributed by atoms with Crippen molar-refractivity contribution in [2.24, 2.45) is 0 Å². The van der Waals surface area contributed by atoms with Crippen molar-refractivity contribution in [1.82, 2.24) is 87.6 Å². The molecule has 53 heteroatoms. The van der Waals surface area contributed by atoms with Gasteiger partial charge in [-0.15, -0.1) is 0 Å². The molecule has 10 aromatic rings. The first-order valence-corrected chi connectivity index (χ1v) is 35.0. The smallest absolute Gasteiger partial charge is 0.280 e. The van der Waals surface area contributed by atoms with Gasteiger partial charge in [-0.25, -0.2) is 51.3 Å². The van der Waals surface area contributed by atoms with E-state index in [-0.39, 0.29) is 73.5 Å².